The van der Waals surface area contributed by atoms with Gasteiger partial charge in [-0.25, -0.2) is 4.79 Å². The molecule has 8 atom stereocenters. The fraction of sp³-hybridized carbons (Fsp3) is 0.960. The monoisotopic (exact) mass is 388 g/mol. The van der Waals surface area contributed by atoms with Gasteiger partial charge in [-0.2, -0.15) is 0 Å². The van der Waals surface area contributed by atoms with Gasteiger partial charge in [-0.1, -0.05) is 40.0 Å². The second kappa shape index (κ2) is 7.84. The van der Waals surface area contributed by atoms with Crippen LogP contribution in [0.2, 0.25) is 0 Å². The molecule has 0 aromatic rings. The summed E-state index contributed by atoms with van der Waals surface area (Å²) in [6.07, 6.45) is 17.1. The Kier molecular flexibility index (Phi) is 5.75. The minimum absolute atomic E-state index is 0.376. The predicted octanol–water partition coefficient (Wildman–Crippen LogP) is 6.12. The molecule has 0 bridgehead atoms. The summed E-state index contributed by atoms with van der Waals surface area (Å²) < 4.78 is 0. The molecule has 0 spiro atoms. The molecule has 0 radical (unpaired) electrons. The standard InChI is InChI=1S/C25H44N2O/c1-4-17-16-19-21-11-10-18(8-7-15-27-23(26)28)24(21,2)14-12-22(19)25(3)13-6-5-9-20(17)25/h17-22H,4-16H2,1-3H3,(H3,26,27,28)/t17-,18-,19?,20?,21?,22-,24?,25?/m0/s1. The largest absolute Gasteiger partial charge is 0.352 e. The lowest BCUT2D eigenvalue weighted by molar-refractivity contribution is -0.135. The third-order valence-electron chi connectivity index (χ3n) is 10.5. The maximum atomic E-state index is 11.0. The highest BCUT2D eigenvalue weighted by molar-refractivity contribution is 5.71. The summed E-state index contributed by atoms with van der Waals surface area (Å²) in [5.41, 5.74) is 6.41. The lowest BCUT2D eigenvalue weighted by atomic mass is 9.42. The maximum absolute atomic E-state index is 11.0. The van der Waals surface area contributed by atoms with Crippen LogP contribution in [0.15, 0.2) is 0 Å². The van der Waals surface area contributed by atoms with E-state index in [2.05, 4.69) is 26.1 Å². The number of fused-ring (bicyclic) bond motifs is 5. The number of carbonyl (C=O) groups excluding carboxylic acids is 1. The van der Waals surface area contributed by atoms with Crippen molar-refractivity contribution in [3.8, 4) is 0 Å². The van der Waals surface area contributed by atoms with Crippen molar-refractivity contribution >= 4 is 6.03 Å². The van der Waals surface area contributed by atoms with Crippen molar-refractivity contribution in [1.29, 1.82) is 0 Å². The van der Waals surface area contributed by atoms with Crippen LogP contribution in [0.3, 0.4) is 0 Å². The molecule has 28 heavy (non-hydrogen) atoms. The van der Waals surface area contributed by atoms with E-state index in [1.807, 2.05) is 0 Å². The molecule has 5 unspecified atom stereocenters. The first-order chi connectivity index (χ1) is 13.4. The van der Waals surface area contributed by atoms with E-state index < -0.39 is 0 Å². The van der Waals surface area contributed by atoms with Gasteiger partial charge >= 0.3 is 6.03 Å². The second-order valence-electron chi connectivity index (χ2n) is 11.4. The second-order valence-corrected chi connectivity index (χ2v) is 11.4. The summed E-state index contributed by atoms with van der Waals surface area (Å²) in [6.45, 7) is 8.56. The zero-order chi connectivity index (χ0) is 19.9. The Morgan fingerprint density at radius 2 is 1.79 bits per heavy atom. The average Bonchev–Trinajstić information content (AvgIpc) is 3.00. The lowest BCUT2D eigenvalue weighted by Crippen LogP contribution is -2.55. The fourth-order valence-corrected chi connectivity index (χ4v) is 9.16. The third kappa shape index (κ3) is 3.29. The van der Waals surface area contributed by atoms with Gasteiger partial charge in [-0.05, 0) is 104 Å². The van der Waals surface area contributed by atoms with E-state index in [-0.39, 0.29) is 6.03 Å². The highest BCUT2D eigenvalue weighted by Gasteiger charge is 2.60. The Morgan fingerprint density at radius 3 is 2.54 bits per heavy atom. The van der Waals surface area contributed by atoms with E-state index in [1.165, 1.54) is 70.6 Å². The Hall–Kier alpha value is -0.730. The van der Waals surface area contributed by atoms with Crippen molar-refractivity contribution in [1.82, 2.24) is 5.32 Å². The molecule has 4 aliphatic carbocycles. The number of nitrogens with one attached hydrogen (secondary N) is 1. The van der Waals surface area contributed by atoms with Gasteiger partial charge in [0.25, 0.3) is 0 Å². The van der Waals surface area contributed by atoms with Crippen LogP contribution in [-0.2, 0) is 0 Å². The van der Waals surface area contributed by atoms with E-state index in [9.17, 15) is 4.79 Å². The Balaban J connectivity index is 1.49. The highest BCUT2D eigenvalue weighted by Crippen LogP contribution is 2.69. The van der Waals surface area contributed by atoms with E-state index >= 15 is 0 Å². The summed E-state index contributed by atoms with van der Waals surface area (Å²) in [4.78, 5) is 11.0. The van der Waals surface area contributed by atoms with Crippen molar-refractivity contribution < 1.29 is 4.79 Å². The number of amides is 2. The van der Waals surface area contributed by atoms with Gasteiger partial charge in [0.15, 0.2) is 0 Å². The number of nitrogens with two attached hydrogens (primary N) is 1. The molecule has 0 heterocycles. The quantitative estimate of drug-likeness (QED) is 0.548. The SMILES string of the molecule is CC[C@H]1CC2C3CC[C@H](CCCNC(N)=O)C3(C)CC[C@@H]2C2(C)CCCCC12. The first-order valence-electron chi connectivity index (χ1n) is 12.4. The Morgan fingerprint density at radius 1 is 1.00 bits per heavy atom. The van der Waals surface area contributed by atoms with E-state index in [0.29, 0.717) is 10.8 Å². The molecule has 4 aliphatic rings. The summed E-state index contributed by atoms with van der Waals surface area (Å²) in [5, 5.41) is 2.79. The lowest BCUT2D eigenvalue weighted by Gasteiger charge is -2.62. The first kappa shape index (κ1) is 20.5. The van der Waals surface area contributed by atoms with Crippen molar-refractivity contribution in [2.24, 2.45) is 52.1 Å². The van der Waals surface area contributed by atoms with Gasteiger partial charge in [0.05, 0.1) is 0 Å². The smallest absolute Gasteiger partial charge is 0.312 e. The molecule has 4 rings (SSSR count). The van der Waals surface area contributed by atoms with Crippen LogP contribution in [0.25, 0.3) is 0 Å². The van der Waals surface area contributed by atoms with E-state index in [1.54, 1.807) is 0 Å². The van der Waals surface area contributed by atoms with Gasteiger partial charge in [0, 0.05) is 6.54 Å². The molecular weight excluding hydrogens is 344 g/mol. The molecule has 3 nitrogen and oxygen atoms in total. The molecule has 0 aromatic heterocycles. The number of hydrogen-bond donors (Lipinski definition) is 2. The van der Waals surface area contributed by atoms with Gasteiger partial charge in [0.2, 0.25) is 0 Å². The number of primary amides is 1. The normalized spacial score (nSPS) is 47.7. The van der Waals surface area contributed by atoms with Crippen LogP contribution in [0, 0.1) is 46.3 Å². The molecule has 4 fully saturated rings. The molecule has 0 aliphatic heterocycles. The number of rotatable bonds is 5. The molecular formula is C25H44N2O. The van der Waals surface area contributed by atoms with Crippen LogP contribution in [0.1, 0.15) is 97.8 Å². The van der Waals surface area contributed by atoms with Gasteiger partial charge in [-0.15, -0.1) is 0 Å². The van der Waals surface area contributed by atoms with Gasteiger partial charge in [-0.3, -0.25) is 0 Å². The average molecular weight is 389 g/mol. The zero-order valence-corrected chi connectivity index (χ0v) is 18.6. The molecule has 0 aromatic carbocycles. The zero-order valence-electron chi connectivity index (χ0n) is 18.6. The van der Waals surface area contributed by atoms with Crippen molar-refractivity contribution in [3.63, 3.8) is 0 Å². The topological polar surface area (TPSA) is 55.1 Å². The number of carbonyl (C=O) groups is 1. The minimum Gasteiger partial charge on any atom is -0.352 e. The maximum Gasteiger partial charge on any atom is 0.312 e. The third-order valence-corrected chi connectivity index (χ3v) is 10.5. The molecule has 0 saturated heterocycles. The van der Waals surface area contributed by atoms with Crippen LogP contribution in [0.5, 0.6) is 0 Å². The minimum atomic E-state index is -0.376. The molecule has 3 heteroatoms. The summed E-state index contributed by atoms with van der Waals surface area (Å²) >= 11 is 0. The van der Waals surface area contributed by atoms with Crippen LogP contribution in [-0.4, -0.2) is 12.6 Å². The van der Waals surface area contributed by atoms with Crippen LogP contribution >= 0.6 is 0 Å². The van der Waals surface area contributed by atoms with Crippen molar-refractivity contribution in [2.75, 3.05) is 6.54 Å². The van der Waals surface area contributed by atoms with Crippen molar-refractivity contribution in [2.45, 2.75) is 97.8 Å². The molecule has 2 amide bonds. The summed E-state index contributed by atoms with van der Waals surface area (Å²) in [7, 11) is 0. The highest BCUT2D eigenvalue weighted by atomic mass is 16.2. The predicted molar refractivity (Wildman–Crippen MR) is 116 cm³/mol. The molecule has 4 saturated carbocycles. The summed E-state index contributed by atoms with van der Waals surface area (Å²) in [6, 6.07) is -0.376. The van der Waals surface area contributed by atoms with Gasteiger partial charge < -0.3 is 11.1 Å². The first-order valence-corrected chi connectivity index (χ1v) is 12.4. The number of urea groups is 1. The van der Waals surface area contributed by atoms with Crippen LogP contribution < -0.4 is 11.1 Å². The summed E-state index contributed by atoms with van der Waals surface area (Å²) in [5.74, 6) is 5.77. The van der Waals surface area contributed by atoms with E-state index in [4.69, 9.17) is 5.73 Å². The Bertz CT molecular complexity index is 577. The fourth-order valence-electron chi connectivity index (χ4n) is 9.16. The molecule has 3 N–H and O–H groups in total. The van der Waals surface area contributed by atoms with Crippen LogP contribution in [0.4, 0.5) is 4.79 Å². The van der Waals surface area contributed by atoms with Gasteiger partial charge in [0.1, 0.15) is 0 Å². The Labute approximate surface area is 173 Å². The van der Waals surface area contributed by atoms with Crippen molar-refractivity contribution in [3.05, 3.63) is 0 Å². The number of hydrogen-bond acceptors (Lipinski definition) is 1. The van der Waals surface area contributed by atoms with E-state index in [0.717, 1.165) is 48.5 Å². The molecule has 160 valence electrons.